The Kier molecular flexibility index (Phi) is 3.41. The SMILES string of the molecule is NC(=O)C(CC1CC1)c1c(Cl)cccc1Cl. The second kappa shape index (κ2) is 4.64. The number of nitrogens with two attached hydrogens (primary N) is 1. The third kappa shape index (κ3) is 2.50. The number of halogens is 2. The first-order valence-electron chi connectivity index (χ1n) is 5.33. The molecule has 1 unspecified atom stereocenters. The highest BCUT2D eigenvalue weighted by molar-refractivity contribution is 6.36. The number of hydrogen-bond acceptors (Lipinski definition) is 1. The summed E-state index contributed by atoms with van der Waals surface area (Å²) in [5.74, 6) is -0.0968. The van der Waals surface area contributed by atoms with Crippen LogP contribution in [-0.4, -0.2) is 5.91 Å². The van der Waals surface area contributed by atoms with Crippen molar-refractivity contribution < 1.29 is 4.79 Å². The maximum atomic E-state index is 11.5. The standard InChI is InChI=1S/C12H13Cl2NO/c13-9-2-1-3-10(14)11(9)8(12(15)16)6-7-4-5-7/h1-3,7-8H,4-6H2,(H2,15,16). The molecule has 86 valence electrons. The Bertz CT molecular complexity index is 395. The summed E-state index contributed by atoms with van der Waals surface area (Å²) in [6, 6.07) is 5.25. The number of amides is 1. The molecule has 1 aliphatic carbocycles. The largest absolute Gasteiger partial charge is 0.369 e. The normalized spacial score (nSPS) is 17.1. The molecule has 1 aromatic carbocycles. The lowest BCUT2D eigenvalue weighted by Gasteiger charge is -2.16. The predicted molar refractivity (Wildman–Crippen MR) is 65.7 cm³/mol. The maximum absolute atomic E-state index is 11.5. The van der Waals surface area contributed by atoms with Crippen molar-refractivity contribution in [2.45, 2.75) is 25.2 Å². The van der Waals surface area contributed by atoms with Crippen LogP contribution in [0.1, 0.15) is 30.7 Å². The molecule has 16 heavy (non-hydrogen) atoms. The number of carbonyl (C=O) groups is 1. The first-order chi connectivity index (χ1) is 7.59. The van der Waals surface area contributed by atoms with Crippen molar-refractivity contribution >= 4 is 29.1 Å². The van der Waals surface area contributed by atoms with Crippen molar-refractivity contribution in [3.63, 3.8) is 0 Å². The van der Waals surface area contributed by atoms with Gasteiger partial charge in [-0.25, -0.2) is 0 Å². The maximum Gasteiger partial charge on any atom is 0.225 e. The molecule has 4 heteroatoms. The predicted octanol–water partition coefficient (Wildman–Crippen LogP) is 3.36. The van der Waals surface area contributed by atoms with Gasteiger partial charge in [-0.15, -0.1) is 0 Å². The Morgan fingerprint density at radius 3 is 2.38 bits per heavy atom. The summed E-state index contributed by atoms with van der Waals surface area (Å²) in [5, 5.41) is 1.05. The van der Waals surface area contributed by atoms with Crippen molar-refractivity contribution in [1.29, 1.82) is 0 Å². The topological polar surface area (TPSA) is 43.1 Å². The van der Waals surface area contributed by atoms with E-state index in [2.05, 4.69) is 0 Å². The molecule has 0 aromatic heterocycles. The van der Waals surface area contributed by atoms with Gasteiger partial charge in [0, 0.05) is 15.6 Å². The molecule has 2 N–H and O–H groups in total. The molecular formula is C12H13Cl2NO. The van der Waals surface area contributed by atoms with E-state index < -0.39 is 0 Å². The van der Waals surface area contributed by atoms with Gasteiger partial charge in [0.05, 0.1) is 5.92 Å². The van der Waals surface area contributed by atoms with Gasteiger partial charge < -0.3 is 5.73 Å². The monoisotopic (exact) mass is 257 g/mol. The van der Waals surface area contributed by atoms with Crippen LogP contribution in [0.15, 0.2) is 18.2 Å². The number of benzene rings is 1. The number of carbonyl (C=O) groups excluding carboxylic acids is 1. The van der Waals surface area contributed by atoms with Crippen LogP contribution in [0.25, 0.3) is 0 Å². The summed E-state index contributed by atoms with van der Waals surface area (Å²) >= 11 is 12.2. The van der Waals surface area contributed by atoms with Gasteiger partial charge in [0.15, 0.2) is 0 Å². The van der Waals surface area contributed by atoms with E-state index in [0.29, 0.717) is 21.5 Å². The number of hydrogen-bond donors (Lipinski definition) is 1. The molecule has 1 aliphatic rings. The van der Waals surface area contributed by atoms with Crippen molar-refractivity contribution in [2.75, 3.05) is 0 Å². The van der Waals surface area contributed by atoms with Crippen molar-refractivity contribution in [2.24, 2.45) is 11.7 Å². The quantitative estimate of drug-likeness (QED) is 0.884. The molecule has 1 amide bonds. The summed E-state index contributed by atoms with van der Waals surface area (Å²) < 4.78 is 0. The van der Waals surface area contributed by atoms with Gasteiger partial charge in [-0.1, -0.05) is 42.1 Å². The summed E-state index contributed by atoms with van der Waals surface area (Å²) in [6.07, 6.45) is 3.11. The Labute approximate surface area is 105 Å². The van der Waals surface area contributed by atoms with Crippen LogP contribution >= 0.6 is 23.2 Å². The van der Waals surface area contributed by atoms with E-state index in [0.717, 1.165) is 6.42 Å². The fraction of sp³-hybridized carbons (Fsp3) is 0.417. The van der Waals surface area contributed by atoms with E-state index in [-0.39, 0.29) is 11.8 Å². The fourth-order valence-corrected chi connectivity index (χ4v) is 2.57. The zero-order valence-corrected chi connectivity index (χ0v) is 10.3. The van der Waals surface area contributed by atoms with Gasteiger partial charge in [0.25, 0.3) is 0 Å². The van der Waals surface area contributed by atoms with Crippen LogP contribution in [-0.2, 0) is 4.79 Å². The van der Waals surface area contributed by atoms with Gasteiger partial charge in [-0.2, -0.15) is 0 Å². The minimum absolute atomic E-state index is 0.345. The zero-order valence-electron chi connectivity index (χ0n) is 8.75. The van der Waals surface area contributed by atoms with Crippen LogP contribution in [0.3, 0.4) is 0 Å². The van der Waals surface area contributed by atoms with Crippen molar-refractivity contribution in [1.82, 2.24) is 0 Å². The third-order valence-electron chi connectivity index (χ3n) is 2.96. The van der Waals surface area contributed by atoms with Crippen LogP contribution in [0.2, 0.25) is 10.0 Å². The highest BCUT2D eigenvalue weighted by atomic mass is 35.5. The summed E-state index contributed by atoms with van der Waals surface area (Å²) in [5.41, 5.74) is 6.11. The third-order valence-corrected chi connectivity index (χ3v) is 3.62. The Hall–Kier alpha value is -0.730. The smallest absolute Gasteiger partial charge is 0.225 e. The summed E-state index contributed by atoms with van der Waals surface area (Å²) in [7, 11) is 0. The Morgan fingerprint density at radius 1 is 1.38 bits per heavy atom. The van der Waals surface area contributed by atoms with Crippen molar-refractivity contribution in [3.05, 3.63) is 33.8 Å². The lowest BCUT2D eigenvalue weighted by atomic mass is 9.92. The Morgan fingerprint density at radius 2 is 1.94 bits per heavy atom. The molecule has 1 fully saturated rings. The molecule has 1 atom stereocenters. The van der Waals surface area contributed by atoms with Gasteiger partial charge in [-0.3, -0.25) is 4.79 Å². The lowest BCUT2D eigenvalue weighted by Crippen LogP contribution is -2.22. The van der Waals surface area contributed by atoms with Crippen LogP contribution < -0.4 is 5.73 Å². The zero-order chi connectivity index (χ0) is 11.7. The van der Waals surface area contributed by atoms with Crippen LogP contribution in [0.5, 0.6) is 0 Å². The molecule has 0 heterocycles. The average molecular weight is 258 g/mol. The second-order valence-corrected chi connectivity index (χ2v) is 5.08. The Balaban J connectivity index is 2.33. The molecule has 0 bridgehead atoms. The highest BCUT2D eigenvalue weighted by Gasteiger charge is 2.31. The van der Waals surface area contributed by atoms with E-state index in [4.69, 9.17) is 28.9 Å². The lowest BCUT2D eigenvalue weighted by molar-refractivity contribution is -0.119. The molecule has 2 rings (SSSR count). The van der Waals surface area contributed by atoms with Crippen molar-refractivity contribution in [3.8, 4) is 0 Å². The van der Waals surface area contributed by atoms with Gasteiger partial charge in [-0.05, 0) is 24.5 Å². The van der Waals surface area contributed by atoms with Gasteiger partial charge >= 0.3 is 0 Å². The molecule has 0 saturated heterocycles. The van der Waals surface area contributed by atoms with Gasteiger partial charge in [0.1, 0.15) is 0 Å². The van der Waals surface area contributed by atoms with Gasteiger partial charge in [0.2, 0.25) is 5.91 Å². The average Bonchev–Trinajstić information content (AvgIpc) is 2.99. The molecule has 0 aliphatic heterocycles. The number of rotatable bonds is 4. The van der Waals surface area contributed by atoms with Crippen LogP contribution in [0.4, 0.5) is 0 Å². The molecular weight excluding hydrogens is 245 g/mol. The van der Waals surface area contributed by atoms with E-state index in [1.165, 1.54) is 12.8 Å². The second-order valence-electron chi connectivity index (χ2n) is 4.27. The fourth-order valence-electron chi connectivity index (χ4n) is 1.91. The summed E-state index contributed by atoms with van der Waals surface area (Å²) in [6.45, 7) is 0. The van der Waals surface area contributed by atoms with E-state index in [9.17, 15) is 4.79 Å². The van der Waals surface area contributed by atoms with E-state index in [1.54, 1.807) is 18.2 Å². The minimum atomic E-state index is -0.353. The highest BCUT2D eigenvalue weighted by Crippen LogP contribution is 2.42. The first-order valence-corrected chi connectivity index (χ1v) is 6.08. The molecule has 0 radical (unpaired) electrons. The van der Waals surface area contributed by atoms with Crippen LogP contribution in [0, 0.1) is 5.92 Å². The molecule has 2 nitrogen and oxygen atoms in total. The molecule has 0 spiro atoms. The molecule has 1 saturated carbocycles. The van der Waals surface area contributed by atoms with E-state index in [1.807, 2.05) is 0 Å². The first kappa shape index (κ1) is 11.7. The minimum Gasteiger partial charge on any atom is -0.369 e. The molecule has 1 aromatic rings. The number of primary amides is 1. The summed E-state index contributed by atoms with van der Waals surface area (Å²) in [4.78, 5) is 11.5. The van der Waals surface area contributed by atoms with E-state index >= 15 is 0 Å².